The Kier molecular flexibility index (Phi) is 4.06. The average Bonchev–Trinajstić information content (AvgIpc) is 2.28. The lowest BCUT2D eigenvalue weighted by atomic mass is 9.97. The Morgan fingerprint density at radius 2 is 1.94 bits per heavy atom. The van der Waals surface area contributed by atoms with Gasteiger partial charge in [-0.25, -0.2) is 0 Å². The van der Waals surface area contributed by atoms with Gasteiger partial charge >= 0.3 is 0 Å². The molecule has 1 saturated heterocycles. The quantitative estimate of drug-likeness (QED) is 0.812. The first-order valence-corrected chi connectivity index (χ1v) is 6.77. The third-order valence-electron chi connectivity index (χ3n) is 3.99. The highest BCUT2D eigenvalue weighted by atomic mass is 15.2. The Hall–Kier alpha value is -1.02. The molecule has 0 amide bonds. The number of nitrogen functional groups attached to an aromatic ring is 1. The van der Waals surface area contributed by atoms with Crippen molar-refractivity contribution in [2.24, 2.45) is 0 Å². The summed E-state index contributed by atoms with van der Waals surface area (Å²) >= 11 is 0. The number of nitrogens with zero attached hydrogens (tertiary/aromatic N) is 1. The molecule has 0 aromatic heterocycles. The third-order valence-corrected chi connectivity index (χ3v) is 3.99. The van der Waals surface area contributed by atoms with Gasteiger partial charge in [-0.05, 0) is 50.8 Å². The minimum Gasteiger partial charge on any atom is -0.399 e. The second kappa shape index (κ2) is 5.54. The number of piperidine rings is 1. The maximum Gasteiger partial charge on any atom is 0.0316 e. The van der Waals surface area contributed by atoms with Crippen molar-refractivity contribution < 1.29 is 0 Å². The lowest BCUT2D eigenvalue weighted by Gasteiger charge is -2.39. The highest BCUT2D eigenvalue weighted by molar-refractivity contribution is 5.40. The summed E-state index contributed by atoms with van der Waals surface area (Å²) in [5.41, 5.74) is 8.04. The van der Waals surface area contributed by atoms with Crippen molar-refractivity contribution in [1.29, 1.82) is 0 Å². The Morgan fingerprint density at radius 1 is 1.24 bits per heavy atom. The van der Waals surface area contributed by atoms with E-state index in [-0.39, 0.29) is 0 Å². The molecule has 1 aromatic rings. The van der Waals surface area contributed by atoms with Crippen molar-refractivity contribution in [3.8, 4) is 0 Å². The largest absolute Gasteiger partial charge is 0.399 e. The van der Waals surface area contributed by atoms with Gasteiger partial charge in [-0.3, -0.25) is 4.90 Å². The normalized spacial score (nSPS) is 26.0. The molecule has 2 rings (SSSR count). The van der Waals surface area contributed by atoms with Crippen molar-refractivity contribution in [2.75, 3.05) is 12.3 Å². The van der Waals surface area contributed by atoms with E-state index in [2.05, 4.69) is 30.9 Å². The molecular weight excluding hydrogens is 208 g/mol. The smallest absolute Gasteiger partial charge is 0.0316 e. The molecule has 0 bridgehead atoms. The van der Waals surface area contributed by atoms with E-state index in [0.29, 0.717) is 0 Å². The monoisotopic (exact) mass is 232 g/mol. The lowest BCUT2D eigenvalue weighted by molar-refractivity contribution is 0.105. The molecule has 2 atom stereocenters. The highest BCUT2D eigenvalue weighted by Crippen LogP contribution is 2.22. The molecule has 17 heavy (non-hydrogen) atoms. The number of benzene rings is 1. The number of hydrogen-bond acceptors (Lipinski definition) is 2. The van der Waals surface area contributed by atoms with Gasteiger partial charge in [0.15, 0.2) is 0 Å². The molecule has 1 aliphatic heterocycles. The Morgan fingerprint density at radius 3 is 2.59 bits per heavy atom. The summed E-state index contributed by atoms with van der Waals surface area (Å²) in [6, 6.07) is 9.75. The molecule has 1 fully saturated rings. The van der Waals surface area contributed by atoms with Crippen LogP contribution < -0.4 is 5.73 Å². The summed E-state index contributed by atoms with van der Waals surface area (Å²) in [4.78, 5) is 2.65. The minimum atomic E-state index is 0.736. The Balaban J connectivity index is 1.92. The van der Waals surface area contributed by atoms with Gasteiger partial charge in [-0.1, -0.05) is 18.6 Å². The van der Waals surface area contributed by atoms with Crippen LogP contribution >= 0.6 is 0 Å². The van der Waals surface area contributed by atoms with Gasteiger partial charge < -0.3 is 5.73 Å². The highest BCUT2D eigenvalue weighted by Gasteiger charge is 2.23. The fourth-order valence-corrected chi connectivity index (χ4v) is 2.92. The Bertz CT molecular complexity index is 352. The maximum absolute atomic E-state index is 5.81. The molecule has 1 aliphatic rings. The molecule has 0 spiro atoms. The molecule has 2 N–H and O–H groups in total. The van der Waals surface area contributed by atoms with Crippen molar-refractivity contribution in [2.45, 2.75) is 51.6 Å². The molecule has 1 heterocycles. The van der Waals surface area contributed by atoms with Gasteiger partial charge in [0.05, 0.1) is 0 Å². The van der Waals surface area contributed by atoms with Crippen molar-refractivity contribution >= 4 is 5.69 Å². The van der Waals surface area contributed by atoms with Crippen LogP contribution in [-0.4, -0.2) is 23.5 Å². The molecule has 0 radical (unpaired) electrons. The van der Waals surface area contributed by atoms with E-state index >= 15 is 0 Å². The van der Waals surface area contributed by atoms with Gasteiger partial charge in [-0.2, -0.15) is 0 Å². The fourth-order valence-electron chi connectivity index (χ4n) is 2.92. The lowest BCUT2D eigenvalue weighted by Crippen LogP contribution is -2.44. The van der Waals surface area contributed by atoms with Crippen LogP contribution in [0, 0.1) is 0 Å². The van der Waals surface area contributed by atoms with Crippen LogP contribution in [0.15, 0.2) is 24.3 Å². The van der Waals surface area contributed by atoms with Crippen molar-refractivity contribution in [3.05, 3.63) is 29.8 Å². The zero-order valence-electron chi connectivity index (χ0n) is 11.0. The summed E-state index contributed by atoms with van der Waals surface area (Å²) < 4.78 is 0. The first-order chi connectivity index (χ1) is 8.16. The van der Waals surface area contributed by atoms with Gasteiger partial charge in [0.2, 0.25) is 0 Å². The van der Waals surface area contributed by atoms with Crippen LogP contribution in [0.4, 0.5) is 5.69 Å². The second-order valence-corrected chi connectivity index (χ2v) is 5.36. The van der Waals surface area contributed by atoms with E-state index in [1.54, 1.807) is 0 Å². The van der Waals surface area contributed by atoms with Crippen LogP contribution in [0.25, 0.3) is 0 Å². The maximum atomic E-state index is 5.81. The fraction of sp³-hybridized carbons (Fsp3) is 0.600. The molecular formula is C15H24N2. The molecule has 2 nitrogen and oxygen atoms in total. The van der Waals surface area contributed by atoms with Crippen LogP contribution in [0.1, 0.15) is 38.7 Å². The van der Waals surface area contributed by atoms with Gasteiger partial charge in [-0.15, -0.1) is 0 Å². The molecule has 0 aliphatic carbocycles. The first kappa shape index (κ1) is 12.4. The number of nitrogens with two attached hydrogens (primary N) is 1. The zero-order valence-corrected chi connectivity index (χ0v) is 11.0. The van der Waals surface area contributed by atoms with Crippen molar-refractivity contribution in [3.63, 3.8) is 0 Å². The van der Waals surface area contributed by atoms with Crippen LogP contribution in [0.5, 0.6) is 0 Å². The standard InChI is InChI=1S/C15H24N2/c1-12-5-3-6-13(2)17(12)10-9-14-7-4-8-15(16)11-14/h4,7-8,11-13H,3,5-6,9-10,16H2,1-2H3/t12-,13+. The minimum absolute atomic E-state index is 0.736. The van der Waals surface area contributed by atoms with Crippen LogP contribution in [0.3, 0.4) is 0 Å². The van der Waals surface area contributed by atoms with E-state index in [0.717, 1.165) is 30.7 Å². The number of rotatable bonds is 3. The molecule has 0 saturated carbocycles. The number of hydrogen-bond donors (Lipinski definition) is 1. The van der Waals surface area contributed by atoms with Crippen LogP contribution in [0.2, 0.25) is 0 Å². The third kappa shape index (κ3) is 3.22. The zero-order chi connectivity index (χ0) is 12.3. The number of anilines is 1. The SMILES string of the molecule is C[C@@H]1CCC[C@H](C)N1CCc1cccc(N)c1. The van der Waals surface area contributed by atoms with E-state index < -0.39 is 0 Å². The second-order valence-electron chi connectivity index (χ2n) is 5.36. The molecule has 1 aromatic carbocycles. The predicted octanol–water partition coefficient (Wildman–Crippen LogP) is 3.07. The van der Waals surface area contributed by atoms with Crippen LogP contribution in [-0.2, 0) is 6.42 Å². The molecule has 94 valence electrons. The van der Waals surface area contributed by atoms with Gasteiger partial charge in [0, 0.05) is 24.3 Å². The van der Waals surface area contributed by atoms with E-state index in [9.17, 15) is 0 Å². The summed E-state index contributed by atoms with van der Waals surface area (Å²) in [7, 11) is 0. The first-order valence-electron chi connectivity index (χ1n) is 6.77. The summed E-state index contributed by atoms with van der Waals surface area (Å²) in [6.07, 6.45) is 5.19. The Labute approximate surface area is 105 Å². The van der Waals surface area contributed by atoms with Crippen molar-refractivity contribution in [1.82, 2.24) is 4.90 Å². The summed E-state index contributed by atoms with van der Waals surface area (Å²) in [5.74, 6) is 0. The number of likely N-dealkylation sites (tertiary alicyclic amines) is 1. The van der Waals surface area contributed by atoms with E-state index in [4.69, 9.17) is 5.73 Å². The molecule has 0 unspecified atom stereocenters. The molecule has 2 heteroatoms. The summed E-state index contributed by atoms with van der Waals surface area (Å²) in [5, 5.41) is 0. The van der Waals surface area contributed by atoms with E-state index in [1.807, 2.05) is 12.1 Å². The summed E-state index contributed by atoms with van der Waals surface area (Å²) in [6.45, 7) is 5.87. The average molecular weight is 232 g/mol. The van der Waals surface area contributed by atoms with Gasteiger partial charge in [0.25, 0.3) is 0 Å². The van der Waals surface area contributed by atoms with E-state index in [1.165, 1.54) is 24.8 Å². The predicted molar refractivity (Wildman–Crippen MR) is 74.0 cm³/mol. The van der Waals surface area contributed by atoms with Gasteiger partial charge in [0.1, 0.15) is 0 Å². The topological polar surface area (TPSA) is 29.3 Å².